The molecular formula is C17H25N5O2. The van der Waals surface area contributed by atoms with Crippen molar-refractivity contribution in [1.82, 2.24) is 20.3 Å². The lowest BCUT2D eigenvalue weighted by Crippen LogP contribution is -2.42. The van der Waals surface area contributed by atoms with E-state index in [9.17, 15) is 4.79 Å². The van der Waals surface area contributed by atoms with Crippen molar-refractivity contribution < 1.29 is 9.32 Å². The second-order valence-electron chi connectivity index (χ2n) is 6.25. The van der Waals surface area contributed by atoms with Gasteiger partial charge in [0.15, 0.2) is 5.82 Å². The number of nitrogens with zero attached hydrogens (tertiary/aromatic N) is 3. The van der Waals surface area contributed by atoms with Gasteiger partial charge in [-0.3, -0.25) is 14.8 Å². The maximum absolute atomic E-state index is 12.5. The molecule has 24 heavy (non-hydrogen) atoms. The molecule has 0 aromatic carbocycles. The third kappa shape index (κ3) is 3.36. The van der Waals surface area contributed by atoms with Gasteiger partial charge < -0.3 is 9.84 Å². The van der Waals surface area contributed by atoms with E-state index >= 15 is 0 Å². The van der Waals surface area contributed by atoms with Crippen molar-refractivity contribution in [2.24, 2.45) is 0 Å². The minimum Gasteiger partial charge on any atom is -0.360 e. The van der Waals surface area contributed by atoms with Gasteiger partial charge in [-0.05, 0) is 39.5 Å². The van der Waals surface area contributed by atoms with Gasteiger partial charge in [-0.2, -0.15) is 5.10 Å². The van der Waals surface area contributed by atoms with Gasteiger partial charge in [-0.25, -0.2) is 0 Å². The molecule has 0 radical (unpaired) electrons. The van der Waals surface area contributed by atoms with Crippen molar-refractivity contribution in [2.75, 3.05) is 5.32 Å². The number of fused-ring (bicyclic) bond motifs is 1. The van der Waals surface area contributed by atoms with Crippen LogP contribution < -0.4 is 10.6 Å². The predicted octanol–water partition coefficient (Wildman–Crippen LogP) is 2.58. The normalized spacial score (nSPS) is 18.2. The summed E-state index contributed by atoms with van der Waals surface area (Å²) in [5.74, 6) is 1.05. The van der Waals surface area contributed by atoms with E-state index in [0.717, 1.165) is 25.8 Å². The molecule has 1 aliphatic rings. The van der Waals surface area contributed by atoms with Crippen LogP contribution in [-0.2, 0) is 17.8 Å². The summed E-state index contributed by atoms with van der Waals surface area (Å²) < 4.78 is 7.05. The van der Waals surface area contributed by atoms with Crippen molar-refractivity contribution in [1.29, 1.82) is 0 Å². The van der Waals surface area contributed by atoms with Crippen molar-refractivity contribution >= 4 is 11.7 Å². The van der Waals surface area contributed by atoms with Gasteiger partial charge >= 0.3 is 0 Å². The molecule has 0 bridgehead atoms. The summed E-state index contributed by atoms with van der Waals surface area (Å²) in [5, 5.41) is 14.6. The average molecular weight is 331 g/mol. The molecule has 3 rings (SSSR count). The maximum Gasteiger partial charge on any atom is 0.242 e. The highest BCUT2D eigenvalue weighted by Gasteiger charge is 2.28. The number of rotatable bonds is 6. The number of nitrogens with one attached hydrogen (secondary N) is 2. The van der Waals surface area contributed by atoms with E-state index in [1.807, 2.05) is 13.1 Å². The van der Waals surface area contributed by atoms with Gasteiger partial charge in [0, 0.05) is 29.9 Å². The zero-order valence-electron chi connectivity index (χ0n) is 14.5. The summed E-state index contributed by atoms with van der Waals surface area (Å²) in [6.45, 7) is 6.79. The number of aryl methyl sites for hydroxylation is 2. The third-order valence-electron chi connectivity index (χ3n) is 4.57. The standard InChI is InChI=1S/C17H25N5O2/c1-4-13(17(23)20-16-9-11(3)24-21-16)19-14-7-6-8-15-12(14)10-18-22(15)5-2/h9-10,13-14,19H,4-8H2,1-3H3,(H,20,21,23)/t13-,14-/m0/s1. The second kappa shape index (κ2) is 7.17. The molecule has 1 amide bonds. The molecule has 0 aliphatic heterocycles. The third-order valence-corrected chi connectivity index (χ3v) is 4.57. The Morgan fingerprint density at radius 3 is 3.00 bits per heavy atom. The lowest BCUT2D eigenvalue weighted by atomic mass is 9.92. The number of aromatic nitrogens is 3. The highest BCUT2D eigenvalue weighted by Crippen LogP contribution is 2.30. The molecule has 2 atom stereocenters. The first-order valence-electron chi connectivity index (χ1n) is 8.67. The zero-order valence-corrected chi connectivity index (χ0v) is 14.5. The fourth-order valence-electron chi connectivity index (χ4n) is 3.32. The molecule has 1 aliphatic carbocycles. The number of hydrogen-bond acceptors (Lipinski definition) is 5. The van der Waals surface area contributed by atoms with Crippen LogP contribution in [0.4, 0.5) is 5.82 Å². The topological polar surface area (TPSA) is 85.0 Å². The molecule has 2 heterocycles. The largest absolute Gasteiger partial charge is 0.360 e. The number of carbonyl (C=O) groups is 1. The Hall–Kier alpha value is -2.15. The second-order valence-corrected chi connectivity index (χ2v) is 6.25. The van der Waals surface area contributed by atoms with Crippen LogP contribution in [0.5, 0.6) is 0 Å². The van der Waals surface area contributed by atoms with Gasteiger partial charge in [-0.15, -0.1) is 0 Å². The summed E-state index contributed by atoms with van der Waals surface area (Å²) in [6.07, 6.45) is 5.84. The SMILES string of the molecule is CC[C@H](N[C@H]1CCCc2c1cnn2CC)C(=O)Nc1cc(C)on1. The molecule has 130 valence electrons. The Kier molecular flexibility index (Phi) is 4.99. The first-order valence-corrected chi connectivity index (χ1v) is 8.67. The first-order chi connectivity index (χ1) is 11.6. The molecule has 7 heteroatoms. The van der Waals surface area contributed by atoms with E-state index in [4.69, 9.17) is 4.52 Å². The predicted molar refractivity (Wildman–Crippen MR) is 90.7 cm³/mol. The van der Waals surface area contributed by atoms with Gasteiger partial charge in [0.05, 0.1) is 12.2 Å². The maximum atomic E-state index is 12.5. The summed E-state index contributed by atoms with van der Waals surface area (Å²) in [7, 11) is 0. The summed E-state index contributed by atoms with van der Waals surface area (Å²) in [6, 6.07) is 1.61. The fourth-order valence-corrected chi connectivity index (χ4v) is 3.32. The molecule has 7 nitrogen and oxygen atoms in total. The van der Waals surface area contributed by atoms with E-state index in [1.54, 1.807) is 13.0 Å². The highest BCUT2D eigenvalue weighted by molar-refractivity contribution is 5.94. The molecule has 0 unspecified atom stereocenters. The number of anilines is 1. The van der Waals surface area contributed by atoms with E-state index in [2.05, 4.69) is 32.5 Å². The number of hydrogen-bond donors (Lipinski definition) is 2. The Balaban J connectivity index is 1.69. The highest BCUT2D eigenvalue weighted by atomic mass is 16.5. The lowest BCUT2D eigenvalue weighted by molar-refractivity contribution is -0.118. The van der Waals surface area contributed by atoms with Gasteiger partial charge in [-0.1, -0.05) is 12.1 Å². The van der Waals surface area contributed by atoms with Crippen LogP contribution in [0.3, 0.4) is 0 Å². The van der Waals surface area contributed by atoms with E-state index in [1.165, 1.54) is 11.3 Å². The fraction of sp³-hybridized carbons (Fsp3) is 0.588. The Morgan fingerprint density at radius 2 is 2.33 bits per heavy atom. The molecule has 0 saturated carbocycles. The van der Waals surface area contributed by atoms with Crippen LogP contribution in [0.2, 0.25) is 0 Å². The van der Waals surface area contributed by atoms with Crippen LogP contribution in [0, 0.1) is 6.92 Å². The molecular weight excluding hydrogens is 306 g/mol. The molecule has 0 spiro atoms. The Morgan fingerprint density at radius 1 is 1.50 bits per heavy atom. The van der Waals surface area contributed by atoms with E-state index in [0.29, 0.717) is 18.0 Å². The van der Waals surface area contributed by atoms with Gasteiger partial charge in [0.25, 0.3) is 0 Å². The lowest BCUT2D eigenvalue weighted by Gasteiger charge is -2.28. The van der Waals surface area contributed by atoms with Crippen molar-refractivity contribution in [3.8, 4) is 0 Å². The zero-order chi connectivity index (χ0) is 17.1. The average Bonchev–Trinajstić information content (AvgIpc) is 3.18. The monoisotopic (exact) mass is 331 g/mol. The summed E-state index contributed by atoms with van der Waals surface area (Å²) in [4.78, 5) is 12.5. The Bertz CT molecular complexity index is 706. The minimum atomic E-state index is -0.275. The van der Waals surface area contributed by atoms with Gasteiger partial charge in [0.1, 0.15) is 5.76 Å². The molecule has 2 aromatic heterocycles. The van der Waals surface area contributed by atoms with Crippen LogP contribution >= 0.6 is 0 Å². The summed E-state index contributed by atoms with van der Waals surface area (Å²) in [5.41, 5.74) is 2.52. The van der Waals surface area contributed by atoms with Crippen molar-refractivity contribution in [3.63, 3.8) is 0 Å². The quantitative estimate of drug-likeness (QED) is 0.850. The van der Waals surface area contributed by atoms with E-state index < -0.39 is 0 Å². The Labute approximate surface area is 141 Å². The van der Waals surface area contributed by atoms with Crippen LogP contribution in [-0.4, -0.2) is 26.9 Å². The van der Waals surface area contributed by atoms with Crippen LogP contribution in [0.1, 0.15) is 56.2 Å². The van der Waals surface area contributed by atoms with Crippen molar-refractivity contribution in [3.05, 3.63) is 29.3 Å². The molecule has 0 fully saturated rings. The van der Waals surface area contributed by atoms with Crippen LogP contribution in [0.25, 0.3) is 0 Å². The molecule has 2 N–H and O–H groups in total. The van der Waals surface area contributed by atoms with Crippen LogP contribution in [0.15, 0.2) is 16.8 Å². The van der Waals surface area contributed by atoms with Crippen molar-refractivity contribution in [2.45, 2.75) is 65.1 Å². The minimum absolute atomic E-state index is 0.0826. The molecule has 2 aromatic rings. The number of carbonyl (C=O) groups excluding carboxylic acids is 1. The first kappa shape index (κ1) is 16.7. The van der Waals surface area contributed by atoms with E-state index in [-0.39, 0.29) is 18.0 Å². The smallest absolute Gasteiger partial charge is 0.242 e. The number of amides is 1. The molecule has 0 saturated heterocycles. The summed E-state index contributed by atoms with van der Waals surface area (Å²) >= 11 is 0. The van der Waals surface area contributed by atoms with Gasteiger partial charge in [0.2, 0.25) is 5.91 Å².